The lowest BCUT2D eigenvalue weighted by Gasteiger charge is -2.57. The summed E-state index contributed by atoms with van der Waals surface area (Å²) < 4.78 is 4.91. The number of aryl methyl sites for hydroxylation is 1. The predicted octanol–water partition coefficient (Wildman–Crippen LogP) is 9.10. The van der Waals surface area contributed by atoms with Crippen LogP contribution in [0.15, 0.2) is 379 Å². The summed E-state index contributed by atoms with van der Waals surface area (Å²) >= 11 is 26.9. The van der Waals surface area contributed by atoms with Crippen molar-refractivity contribution in [2.75, 3.05) is 7.11 Å². The molecule has 714 valence electrons. The van der Waals surface area contributed by atoms with Crippen LogP contribution in [0.2, 0.25) is 0 Å². The molecule has 5 saturated carbocycles. The number of aliphatic carboxylic acids is 6. The fourth-order valence-electron chi connectivity index (χ4n) is 12.7. The summed E-state index contributed by atoms with van der Waals surface area (Å²) in [6.07, 6.45) is 13.5. The molecule has 12 aromatic rings. The molecule has 0 spiro atoms. The van der Waals surface area contributed by atoms with E-state index in [1.54, 1.807) is 43.5 Å². The largest absolute Gasteiger partial charge is 0.872 e. The van der Waals surface area contributed by atoms with Gasteiger partial charge in [-0.05, 0) is 347 Å². The van der Waals surface area contributed by atoms with Crippen LogP contribution in [-0.2, 0) is 143 Å². The number of carbonyl (C=O) groups excluding carboxylic acids is 7. The van der Waals surface area contributed by atoms with Gasteiger partial charge in [-0.15, -0.1) is 0 Å². The molecule has 5 fully saturated rings. The molecule has 0 heterocycles. The zero-order valence-electron chi connectivity index (χ0n) is 75.1. The molecule has 1 N–H and O–H groups in total. The molecule has 0 amide bonds. The highest BCUT2D eigenvalue weighted by molar-refractivity contribution is 7.60. The van der Waals surface area contributed by atoms with Crippen LogP contribution in [0.1, 0.15) is 141 Å². The van der Waals surface area contributed by atoms with Crippen molar-refractivity contribution in [3.63, 3.8) is 0 Å². The van der Waals surface area contributed by atoms with E-state index in [9.17, 15) is 79.4 Å². The number of carbonyl (C=O) groups is 8. The SMILES string of the molecule is CC(=O)[O-].CCCCC(=O)[O-].COc1ccc(CC(=O)[O-])cc1.Cc1ccc(CC(=O)[O-])cc1.O=C(O)c1ccccc1[O-].O=C([O-])C12CC3CC(CC(C3)C1)C2.O=C([O-])C1CCCCC1.O=C([O-])c1ccc([N+](=O)[O-])cc1.[SH2+]c1ccccc1.[SH2+]c1ccccc1.[SH2+]c1ccccc1.[SH2+]c1ccccc1.[SH2+]c1ccccc1.[SH2+]c1ccccc1.[SH2+]c1ccccc1.[SH2+]c1ccccc1. The maximum Gasteiger partial charge on any atom is 0.335 e. The quantitative estimate of drug-likeness (QED) is 0.0638. The van der Waals surface area contributed by atoms with E-state index in [-0.39, 0.29) is 42.0 Å². The maximum absolute atomic E-state index is 11.1. The van der Waals surface area contributed by atoms with E-state index in [2.05, 4.69) is 101 Å². The molecule has 12 aromatic carbocycles. The molecule has 4 bridgehead atoms. The van der Waals surface area contributed by atoms with Crippen molar-refractivity contribution in [1.82, 2.24) is 0 Å². The van der Waals surface area contributed by atoms with Crippen LogP contribution < -0.4 is 45.6 Å². The fourth-order valence-corrected chi connectivity index (χ4v) is 14.2. The summed E-state index contributed by atoms with van der Waals surface area (Å²) in [6, 6.07) is 104. The van der Waals surface area contributed by atoms with E-state index in [1.165, 1.54) is 49.9 Å². The Morgan fingerprint density at radius 2 is 0.687 bits per heavy atom. The Kier molecular flexibility index (Phi) is 66.1. The number of benzene rings is 12. The average Bonchev–Trinajstić information content (AvgIpc) is 0.744. The van der Waals surface area contributed by atoms with Crippen molar-refractivity contribution in [2.24, 2.45) is 29.1 Å². The molecule has 29 heteroatoms. The number of hydrogen-bond acceptors (Lipinski definition) is 19. The predicted molar refractivity (Wildman–Crippen MR) is 543 cm³/mol. The first kappa shape index (κ1) is 120. The molecule has 0 aliphatic heterocycles. The fraction of sp³-hybridized carbons (Fsp3) is 0.238. The van der Waals surface area contributed by atoms with Crippen LogP contribution in [0, 0.1) is 46.1 Å². The van der Waals surface area contributed by atoms with E-state index in [4.69, 9.17) is 19.7 Å². The van der Waals surface area contributed by atoms with Crippen LogP contribution in [0.3, 0.4) is 0 Å². The van der Waals surface area contributed by atoms with Crippen LogP contribution in [0.4, 0.5) is 5.69 Å². The number of aromatic carboxylic acids is 2. The Hall–Kier alpha value is -11.8. The summed E-state index contributed by atoms with van der Waals surface area (Å²) in [5, 5.41) is 99.6. The van der Waals surface area contributed by atoms with Crippen LogP contribution in [-0.4, -0.2) is 64.9 Å². The second kappa shape index (κ2) is 73.6. The standard InChI is InChI=1S/C11H16O2.C9H10O3.C9H10O2.C7H5NO4.C7H6O3.C7H12O2.8C6H6S.C5H10O2.C2H4O2/c12-10(13)11-4-7-1-8(5-11)3-9(2-7)6-11;1-12-8-4-2-7(3-5-8)6-9(10)11;1-7-2-4-8(5-3-7)6-9(10)11;9-7(10)5-1-3-6(4-2-5)8(11)12;8-6-4-2-1-3-5(6)7(9)10;8-7(9)6-4-2-1-3-5-6;8*7-6-4-2-1-3-5-6;1-2-3-4-5(6)7;1-2(3)4/h7-9H,1-6H2,(H,12,13);2-5H,6H2,1H3,(H,10,11);2-5H,6H2,1H3,(H,10,11);1-4H,(H,9,10);1-4,8H,(H,9,10);6H,1-5H2,(H,8,9);8*1-5,7H;2-4H2,1H3,(H,6,7);1H3,(H,3,4). The molecule has 0 aromatic heterocycles. The summed E-state index contributed by atoms with van der Waals surface area (Å²) in [4.78, 5) is 99.2. The van der Waals surface area contributed by atoms with Crippen LogP contribution >= 0.6 is 0 Å². The first-order valence-electron chi connectivity index (χ1n) is 42.3. The zero-order chi connectivity index (χ0) is 99.9. The van der Waals surface area contributed by atoms with Gasteiger partial charge < -0.3 is 84.3 Å². The van der Waals surface area contributed by atoms with E-state index >= 15 is 0 Å². The molecular formula is C105H121NO20S8. The summed E-state index contributed by atoms with van der Waals surface area (Å²) in [5.41, 5.74) is 1.86. The van der Waals surface area contributed by atoms with Gasteiger partial charge in [0.2, 0.25) is 0 Å². The average molecular weight is 1970 g/mol. The number of unbranched alkanes of at least 4 members (excludes halogenated alkanes) is 1. The van der Waals surface area contributed by atoms with Crippen molar-refractivity contribution < 1.29 is 94.0 Å². The lowest BCUT2D eigenvalue weighted by atomic mass is 9.49. The van der Waals surface area contributed by atoms with Crippen molar-refractivity contribution >= 4 is 154 Å². The number of nitro groups is 1. The lowest BCUT2D eigenvalue weighted by molar-refractivity contribution is -0.384. The Morgan fingerprint density at radius 3 is 0.881 bits per heavy atom. The molecule has 17 rings (SSSR count). The number of methoxy groups -OCH3 is 1. The third-order valence-electron chi connectivity index (χ3n) is 18.7. The van der Waals surface area contributed by atoms with E-state index in [1.807, 2.05) is 269 Å². The smallest absolute Gasteiger partial charge is 0.335 e. The Morgan fingerprint density at radius 1 is 0.403 bits per heavy atom. The van der Waals surface area contributed by atoms with Crippen LogP contribution in [0.5, 0.6) is 11.5 Å². The minimum absolute atomic E-state index is 0.000278. The number of para-hydroxylation sites is 1. The normalized spacial score (nSPS) is 14.0. The van der Waals surface area contributed by atoms with E-state index < -0.39 is 63.8 Å². The number of carboxylic acids is 8. The number of carboxylic acid groups (broad SMARTS) is 8. The molecular weight excluding hydrogens is 1850 g/mol. The maximum atomic E-state index is 11.1. The van der Waals surface area contributed by atoms with Gasteiger partial charge in [-0.1, -0.05) is 244 Å². The van der Waals surface area contributed by atoms with Gasteiger partial charge in [-0.25, -0.2) is 4.79 Å². The Bertz CT molecular complexity index is 4660. The number of non-ortho nitro benzene ring substituents is 1. The van der Waals surface area contributed by atoms with Gasteiger partial charge in [0.05, 0.1) is 23.6 Å². The molecule has 0 atom stereocenters. The molecule has 21 nitrogen and oxygen atoms in total. The van der Waals surface area contributed by atoms with Gasteiger partial charge in [0.15, 0.2) is 0 Å². The van der Waals surface area contributed by atoms with Gasteiger partial charge in [0.1, 0.15) is 44.9 Å². The van der Waals surface area contributed by atoms with Gasteiger partial charge in [0.25, 0.3) is 5.69 Å². The topological polar surface area (TPSA) is 394 Å². The van der Waals surface area contributed by atoms with Gasteiger partial charge in [0, 0.05) is 66.2 Å². The zero-order valence-corrected chi connectivity index (χ0v) is 83.1. The minimum Gasteiger partial charge on any atom is -0.872 e. The number of ether oxygens (including phenoxy) is 1. The molecule has 0 saturated heterocycles. The molecule has 5 aliphatic carbocycles. The summed E-state index contributed by atoms with van der Waals surface area (Å²) in [5.74, 6) is -5.99. The lowest BCUT2D eigenvalue weighted by Crippen LogP contribution is -2.54. The number of nitro benzene ring substituents is 1. The summed E-state index contributed by atoms with van der Waals surface area (Å²) in [7, 11) is 1.56. The van der Waals surface area contributed by atoms with E-state index in [0.29, 0.717) is 17.8 Å². The first-order chi connectivity index (χ1) is 63.9. The Labute approximate surface area is 830 Å². The Balaban J connectivity index is 0.000000720. The van der Waals surface area contributed by atoms with Gasteiger partial charge >= 0.3 is 5.97 Å². The van der Waals surface area contributed by atoms with Crippen molar-refractivity contribution in [3.8, 4) is 11.5 Å². The highest BCUT2D eigenvalue weighted by Crippen LogP contribution is 2.59. The number of nitrogens with zero attached hydrogens (tertiary/aromatic N) is 1. The molecule has 0 radical (unpaired) electrons. The third kappa shape index (κ3) is 63.3. The van der Waals surface area contributed by atoms with E-state index in [0.717, 1.165) is 151 Å². The van der Waals surface area contributed by atoms with Gasteiger partial charge in [-0.2, -0.15) is 0 Å². The molecule has 5 aliphatic rings. The number of hydrogen-bond donors (Lipinski definition) is 1. The minimum atomic E-state index is -1.34. The van der Waals surface area contributed by atoms with Crippen molar-refractivity contribution in [3.05, 3.63) is 378 Å². The molecule has 0 unspecified atom stereocenters. The highest BCUT2D eigenvalue weighted by atomic mass is 32.1. The second-order valence-electron chi connectivity index (χ2n) is 29.9. The number of rotatable bonds is 13. The van der Waals surface area contributed by atoms with Gasteiger partial charge in [-0.3, -0.25) is 10.1 Å². The van der Waals surface area contributed by atoms with Crippen molar-refractivity contribution in [2.45, 2.75) is 163 Å². The van der Waals surface area contributed by atoms with Crippen molar-refractivity contribution in [1.29, 1.82) is 0 Å². The highest BCUT2D eigenvalue weighted by Gasteiger charge is 2.51. The van der Waals surface area contributed by atoms with Crippen LogP contribution in [0.25, 0.3) is 0 Å². The monoisotopic (exact) mass is 1970 g/mol. The first-order valence-corrected chi connectivity index (χ1v) is 46.3. The molecule has 134 heavy (non-hydrogen) atoms. The third-order valence-corrected chi connectivity index (χ3v) is 21.4. The summed E-state index contributed by atoms with van der Waals surface area (Å²) in [6.45, 7) is 4.88. The second-order valence-corrected chi connectivity index (χ2v) is 34.5.